The van der Waals surface area contributed by atoms with Crippen molar-refractivity contribution < 1.29 is 9.66 Å². The minimum atomic E-state index is -0.456. The first-order valence-corrected chi connectivity index (χ1v) is 7.18. The molecule has 0 amide bonds. The van der Waals surface area contributed by atoms with Gasteiger partial charge in [-0.2, -0.15) is 0 Å². The summed E-state index contributed by atoms with van der Waals surface area (Å²) in [5.41, 5.74) is 6.03. The lowest BCUT2D eigenvalue weighted by Crippen LogP contribution is -2.62. The second kappa shape index (κ2) is 5.58. The Balaban J connectivity index is 2.22. The number of non-ortho nitro benzene ring substituents is 1. The molecule has 1 aromatic rings. The van der Waals surface area contributed by atoms with Gasteiger partial charge in [-0.25, -0.2) is 0 Å². The lowest BCUT2D eigenvalue weighted by atomic mass is 9.59. The van der Waals surface area contributed by atoms with E-state index < -0.39 is 4.92 Å². The molecule has 0 bridgehead atoms. The third-order valence-electron chi connectivity index (χ3n) is 4.56. The van der Waals surface area contributed by atoms with Crippen LogP contribution in [0.15, 0.2) is 18.2 Å². The molecule has 0 saturated heterocycles. The summed E-state index contributed by atoms with van der Waals surface area (Å²) in [5.74, 6) is 0.365. The van der Waals surface area contributed by atoms with Gasteiger partial charge in [0.25, 0.3) is 5.69 Å². The first-order chi connectivity index (χ1) is 9.44. The molecule has 1 aliphatic carbocycles. The zero-order valence-electron chi connectivity index (χ0n) is 11.6. The second-order valence-electron chi connectivity index (χ2n) is 5.26. The van der Waals surface area contributed by atoms with Crippen molar-refractivity contribution in [3.63, 3.8) is 0 Å². The largest absolute Gasteiger partial charge is 0.488 e. The van der Waals surface area contributed by atoms with Crippen LogP contribution in [0.1, 0.15) is 33.1 Å². The van der Waals surface area contributed by atoms with Gasteiger partial charge < -0.3 is 10.5 Å². The molecule has 5 nitrogen and oxygen atoms in total. The molecule has 2 atom stereocenters. The molecule has 2 unspecified atom stereocenters. The summed E-state index contributed by atoms with van der Waals surface area (Å²) in [6.07, 6.45) is 2.55. The zero-order valence-corrected chi connectivity index (χ0v) is 12.4. The number of hydrogen-bond donors (Lipinski definition) is 1. The van der Waals surface area contributed by atoms with Crippen LogP contribution in [0.25, 0.3) is 0 Å². The molecule has 110 valence electrons. The van der Waals surface area contributed by atoms with Crippen molar-refractivity contribution in [2.75, 3.05) is 0 Å². The molecule has 0 spiro atoms. The van der Waals surface area contributed by atoms with Gasteiger partial charge in [0.2, 0.25) is 0 Å². The number of nitro groups is 1. The SMILES string of the molecule is CCC1(CC)C(N)CC1Oc1cc([N+](=O)[O-])ccc1Cl. The average Bonchev–Trinajstić information content (AvgIpc) is 2.41. The van der Waals surface area contributed by atoms with Crippen molar-refractivity contribution in [2.45, 2.75) is 45.3 Å². The highest BCUT2D eigenvalue weighted by molar-refractivity contribution is 6.32. The second-order valence-corrected chi connectivity index (χ2v) is 5.67. The van der Waals surface area contributed by atoms with Crippen LogP contribution in [0.5, 0.6) is 5.75 Å². The molecule has 0 aliphatic heterocycles. The molecule has 0 radical (unpaired) electrons. The number of nitrogens with two attached hydrogens (primary N) is 1. The molecule has 1 aromatic carbocycles. The summed E-state index contributed by atoms with van der Waals surface area (Å²) in [6, 6.07) is 4.35. The van der Waals surface area contributed by atoms with Crippen molar-refractivity contribution in [3.8, 4) is 5.75 Å². The Labute approximate surface area is 123 Å². The van der Waals surface area contributed by atoms with Crippen LogP contribution in [0.3, 0.4) is 0 Å². The topological polar surface area (TPSA) is 78.4 Å². The normalized spacial score (nSPS) is 24.0. The van der Waals surface area contributed by atoms with E-state index in [9.17, 15) is 10.1 Å². The smallest absolute Gasteiger partial charge is 0.273 e. The Bertz CT molecular complexity index is 517. The molecular weight excluding hydrogens is 280 g/mol. The van der Waals surface area contributed by atoms with E-state index in [0.717, 1.165) is 19.3 Å². The summed E-state index contributed by atoms with van der Waals surface area (Å²) in [6.45, 7) is 4.18. The first-order valence-electron chi connectivity index (χ1n) is 6.80. The van der Waals surface area contributed by atoms with E-state index in [0.29, 0.717) is 10.8 Å². The highest BCUT2D eigenvalue weighted by Gasteiger charge is 2.52. The summed E-state index contributed by atoms with van der Waals surface area (Å²) < 4.78 is 5.92. The number of hydrogen-bond acceptors (Lipinski definition) is 4. The molecule has 20 heavy (non-hydrogen) atoms. The molecule has 2 N–H and O–H groups in total. The van der Waals surface area contributed by atoms with Crippen molar-refractivity contribution in [1.82, 2.24) is 0 Å². The Morgan fingerprint density at radius 1 is 1.50 bits per heavy atom. The van der Waals surface area contributed by atoms with Gasteiger partial charge in [-0.1, -0.05) is 25.4 Å². The van der Waals surface area contributed by atoms with E-state index in [4.69, 9.17) is 22.1 Å². The number of rotatable bonds is 5. The van der Waals surface area contributed by atoms with Crippen molar-refractivity contribution in [3.05, 3.63) is 33.3 Å². The number of nitrogens with zero attached hydrogens (tertiary/aromatic N) is 1. The Morgan fingerprint density at radius 2 is 2.15 bits per heavy atom. The van der Waals surface area contributed by atoms with Gasteiger partial charge in [-0.3, -0.25) is 10.1 Å². The van der Waals surface area contributed by atoms with Gasteiger partial charge in [0.1, 0.15) is 11.9 Å². The number of halogens is 1. The number of nitro benzene ring substituents is 1. The van der Waals surface area contributed by atoms with Crippen LogP contribution in [-0.4, -0.2) is 17.1 Å². The Hall–Kier alpha value is -1.33. The van der Waals surface area contributed by atoms with E-state index >= 15 is 0 Å². The van der Waals surface area contributed by atoms with Crippen LogP contribution in [-0.2, 0) is 0 Å². The minimum Gasteiger partial charge on any atom is -0.488 e. The van der Waals surface area contributed by atoms with Gasteiger partial charge >= 0.3 is 0 Å². The molecule has 0 aromatic heterocycles. The fraction of sp³-hybridized carbons (Fsp3) is 0.571. The quantitative estimate of drug-likeness (QED) is 0.666. The molecular formula is C14H19ClN2O3. The van der Waals surface area contributed by atoms with Gasteiger partial charge in [0, 0.05) is 23.9 Å². The third kappa shape index (κ3) is 2.36. The lowest BCUT2D eigenvalue weighted by molar-refractivity contribution is -0.385. The van der Waals surface area contributed by atoms with E-state index in [1.165, 1.54) is 18.2 Å². The van der Waals surface area contributed by atoms with E-state index in [1.807, 2.05) is 0 Å². The van der Waals surface area contributed by atoms with Gasteiger partial charge in [-0.05, 0) is 18.9 Å². The van der Waals surface area contributed by atoms with Gasteiger partial charge in [0.15, 0.2) is 0 Å². The number of benzene rings is 1. The van der Waals surface area contributed by atoms with E-state index in [2.05, 4.69) is 13.8 Å². The van der Waals surface area contributed by atoms with Crippen LogP contribution in [0, 0.1) is 15.5 Å². The molecule has 2 rings (SSSR count). The highest BCUT2D eigenvalue weighted by atomic mass is 35.5. The summed E-state index contributed by atoms with van der Waals surface area (Å²) in [7, 11) is 0. The van der Waals surface area contributed by atoms with Crippen molar-refractivity contribution in [1.29, 1.82) is 0 Å². The highest BCUT2D eigenvalue weighted by Crippen LogP contribution is 2.48. The van der Waals surface area contributed by atoms with Crippen molar-refractivity contribution >= 4 is 17.3 Å². The predicted molar refractivity (Wildman–Crippen MR) is 78.1 cm³/mol. The van der Waals surface area contributed by atoms with Crippen LogP contribution < -0.4 is 10.5 Å². The predicted octanol–water partition coefficient (Wildman–Crippen LogP) is 3.53. The Kier molecular flexibility index (Phi) is 4.20. The Morgan fingerprint density at radius 3 is 2.65 bits per heavy atom. The van der Waals surface area contributed by atoms with E-state index in [-0.39, 0.29) is 23.2 Å². The maximum atomic E-state index is 10.8. The fourth-order valence-electron chi connectivity index (χ4n) is 3.02. The standard InChI is InChI=1S/C14H19ClN2O3/c1-3-14(4-2)12(16)8-13(14)20-11-7-9(17(18)19)5-6-10(11)15/h5-7,12-13H,3-4,8,16H2,1-2H3. The summed E-state index contributed by atoms with van der Waals surface area (Å²) in [5, 5.41) is 11.2. The monoisotopic (exact) mass is 298 g/mol. The minimum absolute atomic E-state index is 0.0216. The maximum Gasteiger partial charge on any atom is 0.273 e. The average molecular weight is 299 g/mol. The third-order valence-corrected chi connectivity index (χ3v) is 4.87. The maximum absolute atomic E-state index is 10.8. The first kappa shape index (κ1) is 15.1. The van der Waals surface area contributed by atoms with Crippen LogP contribution in [0.2, 0.25) is 5.02 Å². The zero-order chi connectivity index (χ0) is 14.9. The van der Waals surface area contributed by atoms with Crippen LogP contribution >= 0.6 is 11.6 Å². The molecule has 1 aliphatic rings. The van der Waals surface area contributed by atoms with E-state index in [1.54, 1.807) is 0 Å². The molecule has 0 heterocycles. The molecule has 1 saturated carbocycles. The van der Waals surface area contributed by atoms with Gasteiger partial charge in [0.05, 0.1) is 16.0 Å². The fourth-order valence-corrected chi connectivity index (χ4v) is 3.18. The van der Waals surface area contributed by atoms with Gasteiger partial charge in [-0.15, -0.1) is 0 Å². The lowest BCUT2D eigenvalue weighted by Gasteiger charge is -2.53. The summed E-state index contributed by atoms with van der Waals surface area (Å²) >= 11 is 6.06. The summed E-state index contributed by atoms with van der Waals surface area (Å²) in [4.78, 5) is 10.4. The molecule has 1 fully saturated rings. The van der Waals surface area contributed by atoms with Crippen LogP contribution in [0.4, 0.5) is 5.69 Å². The van der Waals surface area contributed by atoms with Crippen molar-refractivity contribution in [2.24, 2.45) is 11.1 Å². The number of ether oxygens (including phenoxy) is 1. The molecule has 6 heteroatoms.